The van der Waals surface area contributed by atoms with Gasteiger partial charge in [-0.3, -0.25) is 4.90 Å². The largest absolute Gasteiger partial charge is 0.366 e. The second-order valence-corrected chi connectivity index (χ2v) is 6.51. The van der Waals surface area contributed by atoms with Crippen molar-refractivity contribution in [2.75, 3.05) is 31.1 Å². The summed E-state index contributed by atoms with van der Waals surface area (Å²) in [6.45, 7) is 6.55. The van der Waals surface area contributed by atoms with E-state index in [1.165, 1.54) is 31.6 Å². The molecular weight excluding hydrogens is 270 g/mol. The molecule has 0 amide bonds. The van der Waals surface area contributed by atoms with Crippen molar-refractivity contribution in [2.24, 2.45) is 5.73 Å². The summed E-state index contributed by atoms with van der Waals surface area (Å²) < 4.78 is 0. The van der Waals surface area contributed by atoms with Crippen molar-refractivity contribution < 1.29 is 0 Å². The third-order valence-corrected chi connectivity index (χ3v) is 5.07. The highest BCUT2D eigenvalue weighted by Gasteiger charge is 2.34. The summed E-state index contributed by atoms with van der Waals surface area (Å²) in [4.78, 5) is 5.16. The Morgan fingerprint density at radius 2 is 2.20 bits per heavy atom. The lowest BCUT2D eigenvalue weighted by atomic mass is 10.1. The average molecular weight is 294 g/mol. The van der Waals surface area contributed by atoms with Crippen LogP contribution >= 0.6 is 11.6 Å². The zero-order chi connectivity index (χ0) is 14.1. The molecule has 2 aliphatic rings. The average Bonchev–Trinajstić information content (AvgIpc) is 2.87. The summed E-state index contributed by atoms with van der Waals surface area (Å²) in [5.41, 5.74) is 8.03. The first kappa shape index (κ1) is 14.2. The van der Waals surface area contributed by atoms with Gasteiger partial charge in [0, 0.05) is 35.9 Å². The molecule has 0 aliphatic carbocycles. The fourth-order valence-corrected chi connectivity index (χ4v) is 3.89. The number of nitrogens with zero attached hydrogens (tertiary/aromatic N) is 2. The van der Waals surface area contributed by atoms with Crippen LogP contribution in [0.3, 0.4) is 0 Å². The number of piperazine rings is 1. The predicted molar refractivity (Wildman–Crippen MR) is 85.6 cm³/mol. The number of halogens is 1. The first-order valence-corrected chi connectivity index (χ1v) is 8.06. The maximum Gasteiger partial charge on any atom is 0.0459 e. The van der Waals surface area contributed by atoms with Gasteiger partial charge in [0.15, 0.2) is 0 Å². The third kappa shape index (κ3) is 2.67. The van der Waals surface area contributed by atoms with Crippen molar-refractivity contribution in [3.63, 3.8) is 0 Å². The molecule has 3 rings (SSSR count). The van der Waals surface area contributed by atoms with Crippen LogP contribution in [0, 0.1) is 0 Å². The van der Waals surface area contributed by atoms with Crippen molar-refractivity contribution in [1.29, 1.82) is 0 Å². The quantitative estimate of drug-likeness (QED) is 0.929. The van der Waals surface area contributed by atoms with E-state index in [1.54, 1.807) is 0 Å². The molecule has 0 aromatic heterocycles. The number of nitrogens with two attached hydrogens (primary N) is 1. The van der Waals surface area contributed by atoms with E-state index in [0.29, 0.717) is 12.6 Å². The summed E-state index contributed by atoms with van der Waals surface area (Å²) in [5, 5.41) is 0.856. The molecule has 2 saturated heterocycles. The number of rotatable bonds is 3. The smallest absolute Gasteiger partial charge is 0.0459 e. The monoisotopic (exact) mass is 293 g/mol. The van der Waals surface area contributed by atoms with Gasteiger partial charge >= 0.3 is 0 Å². The molecule has 1 aromatic rings. The zero-order valence-electron chi connectivity index (χ0n) is 12.2. The van der Waals surface area contributed by atoms with Crippen LogP contribution in [0.1, 0.15) is 25.3 Å². The second-order valence-electron chi connectivity index (χ2n) is 6.11. The molecule has 0 saturated carbocycles. The van der Waals surface area contributed by atoms with E-state index < -0.39 is 0 Å². The summed E-state index contributed by atoms with van der Waals surface area (Å²) in [6, 6.07) is 7.75. The van der Waals surface area contributed by atoms with Crippen molar-refractivity contribution in [2.45, 2.75) is 38.3 Å². The molecule has 0 radical (unpaired) electrons. The van der Waals surface area contributed by atoms with Gasteiger partial charge < -0.3 is 10.6 Å². The third-order valence-electron chi connectivity index (χ3n) is 4.72. The van der Waals surface area contributed by atoms with Crippen LogP contribution in [-0.2, 0) is 6.42 Å². The Morgan fingerprint density at radius 3 is 2.95 bits per heavy atom. The lowest BCUT2D eigenvalue weighted by Crippen LogP contribution is -2.55. The van der Waals surface area contributed by atoms with Crippen LogP contribution < -0.4 is 10.6 Å². The first-order chi connectivity index (χ1) is 9.69. The molecule has 1 aromatic carbocycles. The van der Waals surface area contributed by atoms with Gasteiger partial charge in [0.1, 0.15) is 0 Å². The van der Waals surface area contributed by atoms with Gasteiger partial charge in [-0.05, 0) is 57.0 Å². The lowest BCUT2D eigenvalue weighted by molar-refractivity contribution is 0.203. The number of benzene rings is 1. The number of hydrogen-bond acceptors (Lipinski definition) is 3. The molecule has 4 heteroatoms. The molecule has 0 bridgehead atoms. The van der Waals surface area contributed by atoms with Gasteiger partial charge in [0.2, 0.25) is 0 Å². The van der Waals surface area contributed by atoms with Crippen molar-refractivity contribution in [3.8, 4) is 0 Å². The number of fused-ring (bicyclic) bond motifs is 1. The van der Waals surface area contributed by atoms with Crippen LogP contribution in [0.5, 0.6) is 0 Å². The molecule has 2 fully saturated rings. The van der Waals surface area contributed by atoms with Gasteiger partial charge in [-0.2, -0.15) is 0 Å². The van der Waals surface area contributed by atoms with Gasteiger partial charge in [0.05, 0.1) is 0 Å². The molecular formula is C16H24ClN3. The Kier molecular flexibility index (Phi) is 4.20. The van der Waals surface area contributed by atoms with E-state index in [0.717, 1.165) is 29.6 Å². The minimum atomic E-state index is 0.556. The predicted octanol–water partition coefficient (Wildman–Crippen LogP) is 2.51. The van der Waals surface area contributed by atoms with E-state index in [2.05, 4.69) is 34.9 Å². The molecule has 3 nitrogen and oxygen atoms in total. The Bertz CT molecular complexity index is 477. The Morgan fingerprint density at radius 1 is 1.35 bits per heavy atom. The second kappa shape index (κ2) is 5.92. The summed E-state index contributed by atoms with van der Waals surface area (Å²) >= 11 is 6.39. The van der Waals surface area contributed by atoms with Crippen molar-refractivity contribution in [1.82, 2.24) is 4.90 Å². The van der Waals surface area contributed by atoms with E-state index in [9.17, 15) is 0 Å². The molecule has 2 N–H and O–H groups in total. The highest BCUT2D eigenvalue weighted by Crippen LogP contribution is 2.31. The maximum absolute atomic E-state index is 6.39. The van der Waals surface area contributed by atoms with Gasteiger partial charge in [0.25, 0.3) is 0 Å². The molecule has 2 aliphatic heterocycles. The standard InChI is InChI=1S/C16H24ClN3/c1-12-10-19-8-2-3-15(19)11-20(12)14-5-4-13(6-7-18)16(17)9-14/h4-5,9,12,15H,2-3,6-8,10-11,18H2,1H3. The summed E-state index contributed by atoms with van der Waals surface area (Å²) in [6.07, 6.45) is 3.54. The highest BCUT2D eigenvalue weighted by molar-refractivity contribution is 6.31. The van der Waals surface area contributed by atoms with E-state index in [4.69, 9.17) is 17.3 Å². The minimum Gasteiger partial charge on any atom is -0.366 e. The van der Waals surface area contributed by atoms with Crippen molar-refractivity contribution >= 4 is 17.3 Å². The SMILES string of the molecule is CC1CN2CCCC2CN1c1ccc(CCN)c(Cl)c1. The molecule has 20 heavy (non-hydrogen) atoms. The fourth-order valence-electron chi connectivity index (χ4n) is 3.62. The molecule has 2 unspecified atom stereocenters. The summed E-state index contributed by atoms with van der Waals surface area (Å²) in [5.74, 6) is 0. The van der Waals surface area contributed by atoms with Crippen molar-refractivity contribution in [3.05, 3.63) is 28.8 Å². The lowest BCUT2D eigenvalue weighted by Gasteiger charge is -2.43. The van der Waals surface area contributed by atoms with Gasteiger partial charge in [-0.1, -0.05) is 17.7 Å². The first-order valence-electron chi connectivity index (χ1n) is 7.68. The molecule has 2 atom stereocenters. The van der Waals surface area contributed by atoms with Gasteiger partial charge in [-0.15, -0.1) is 0 Å². The molecule has 110 valence electrons. The van der Waals surface area contributed by atoms with Crippen LogP contribution in [0.4, 0.5) is 5.69 Å². The highest BCUT2D eigenvalue weighted by atomic mass is 35.5. The Balaban J connectivity index is 1.79. The molecule has 0 spiro atoms. The number of anilines is 1. The van der Waals surface area contributed by atoms with Crippen LogP contribution in [0.25, 0.3) is 0 Å². The van der Waals surface area contributed by atoms with E-state index in [1.807, 2.05) is 0 Å². The Labute approximate surface area is 126 Å². The Hall–Kier alpha value is -0.770. The topological polar surface area (TPSA) is 32.5 Å². The summed E-state index contributed by atoms with van der Waals surface area (Å²) in [7, 11) is 0. The van der Waals surface area contributed by atoms with E-state index >= 15 is 0 Å². The zero-order valence-corrected chi connectivity index (χ0v) is 12.9. The van der Waals surface area contributed by atoms with Crippen LogP contribution in [0.2, 0.25) is 5.02 Å². The minimum absolute atomic E-state index is 0.556. The van der Waals surface area contributed by atoms with Crippen LogP contribution in [-0.4, -0.2) is 43.2 Å². The maximum atomic E-state index is 6.39. The molecule has 2 heterocycles. The van der Waals surface area contributed by atoms with E-state index in [-0.39, 0.29) is 0 Å². The normalized spacial score (nSPS) is 26.9. The van der Waals surface area contributed by atoms with Gasteiger partial charge in [-0.25, -0.2) is 0 Å². The fraction of sp³-hybridized carbons (Fsp3) is 0.625. The number of hydrogen-bond donors (Lipinski definition) is 1. The van der Waals surface area contributed by atoms with Crippen LogP contribution in [0.15, 0.2) is 18.2 Å².